The molecular formula is C23H31N3O7. The van der Waals surface area contributed by atoms with Crippen LogP contribution >= 0.6 is 0 Å². The molecule has 0 saturated heterocycles. The number of para-hydroxylation sites is 1. The SMILES string of the molecule is CCN(CC)CCN1C(=O)Cn2c3c(c4cccc1c42)CCC3.O=C(O)C(O)C(O)C(=O)O. The molecule has 0 saturated carbocycles. The Labute approximate surface area is 191 Å². The van der Waals surface area contributed by atoms with E-state index >= 15 is 0 Å². The number of anilines is 1. The Balaban J connectivity index is 0.000000262. The molecule has 0 radical (unpaired) electrons. The van der Waals surface area contributed by atoms with Crippen molar-refractivity contribution in [2.24, 2.45) is 0 Å². The zero-order chi connectivity index (χ0) is 24.3. The zero-order valence-electron chi connectivity index (χ0n) is 18.9. The van der Waals surface area contributed by atoms with Crippen LogP contribution in [0.3, 0.4) is 0 Å². The van der Waals surface area contributed by atoms with E-state index < -0.39 is 24.1 Å². The molecular weight excluding hydrogens is 430 g/mol. The number of aliphatic carboxylic acids is 2. The van der Waals surface area contributed by atoms with Gasteiger partial charge < -0.3 is 34.8 Å². The number of amides is 1. The smallest absolute Gasteiger partial charge is 0.335 e. The van der Waals surface area contributed by atoms with Crippen LogP contribution in [-0.2, 0) is 33.8 Å². The standard InChI is InChI=1S/C19H25N3O.C4H6O6/c1-3-20(4-2)11-12-21-17-10-6-8-15-14-7-5-9-16(14)22(19(15)17)13-18(21)23;5-1(3(7)8)2(6)4(9)10/h6,8,10H,3-5,7,9,11-13H2,1-2H3;1-2,5-6H,(H,7,8)(H,9,10). The summed E-state index contributed by atoms with van der Waals surface area (Å²) in [6, 6.07) is 6.47. The number of hydrogen-bond acceptors (Lipinski definition) is 6. The molecule has 0 spiro atoms. The topological polar surface area (TPSA) is 144 Å². The van der Waals surface area contributed by atoms with Gasteiger partial charge in [0.25, 0.3) is 0 Å². The second-order valence-corrected chi connectivity index (χ2v) is 8.18. The molecule has 1 aliphatic heterocycles. The van der Waals surface area contributed by atoms with E-state index in [1.165, 1.54) is 28.6 Å². The summed E-state index contributed by atoms with van der Waals surface area (Å²) in [6.07, 6.45) is -1.02. The Hall–Kier alpha value is -2.95. The van der Waals surface area contributed by atoms with Gasteiger partial charge in [-0.15, -0.1) is 0 Å². The van der Waals surface area contributed by atoms with Crippen molar-refractivity contribution >= 4 is 34.4 Å². The number of benzene rings is 1. The van der Waals surface area contributed by atoms with E-state index in [4.69, 9.17) is 20.4 Å². The first-order valence-electron chi connectivity index (χ1n) is 11.2. The maximum atomic E-state index is 12.8. The van der Waals surface area contributed by atoms with Crippen LogP contribution in [0.4, 0.5) is 5.69 Å². The largest absolute Gasteiger partial charge is 0.479 e. The fourth-order valence-corrected chi connectivity index (χ4v) is 4.55. The van der Waals surface area contributed by atoms with Crippen molar-refractivity contribution < 1.29 is 34.8 Å². The highest BCUT2D eigenvalue weighted by atomic mass is 16.4. The maximum Gasteiger partial charge on any atom is 0.335 e. The molecule has 4 rings (SSSR count). The summed E-state index contributed by atoms with van der Waals surface area (Å²) in [5, 5.41) is 33.9. The number of aromatic nitrogens is 1. The van der Waals surface area contributed by atoms with Crippen molar-refractivity contribution in [2.45, 2.75) is 51.9 Å². The van der Waals surface area contributed by atoms with E-state index in [0.717, 1.165) is 44.7 Å². The summed E-state index contributed by atoms with van der Waals surface area (Å²) >= 11 is 0. The van der Waals surface area contributed by atoms with Gasteiger partial charge in [-0.3, -0.25) is 4.79 Å². The number of fused-ring (bicyclic) bond motifs is 3. The molecule has 2 aromatic rings. The number of hydrogen-bond donors (Lipinski definition) is 4. The summed E-state index contributed by atoms with van der Waals surface area (Å²) in [5.41, 5.74) is 5.29. The quantitative estimate of drug-likeness (QED) is 0.450. The van der Waals surface area contributed by atoms with Crippen molar-refractivity contribution in [3.05, 3.63) is 29.5 Å². The number of likely N-dealkylation sites (N-methyl/N-ethyl adjacent to an activating group) is 1. The third-order valence-electron chi connectivity index (χ3n) is 6.35. The predicted molar refractivity (Wildman–Crippen MR) is 121 cm³/mol. The fraction of sp³-hybridized carbons (Fsp3) is 0.522. The highest BCUT2D eigenvalue weighted by Gasteiger charge is 2.31. The molecule has 2 atom stereocenters. The number of aliphatic hydroxyl groups is 2. The Bertz CT molecular complexity index is 1030. The molecule has 1 aromatic carbocycles. The first kappa shape index (κ1) is 24.7. The number of carboxylic acid groups (broad SMARTS) is 2. The van der Waals surface area contributed by atoms with Crippen LogP contribution in [0.5, 0.6) is 0 Å². The third kappa shape index (κ3) is 4.87. The molecule has 2 heterocycles. The molecule has 180 valence electrons. The summed E-state index contributed by atoms with van der Waals surface area (Å²) in [6.45, 7) is 8.67. The van der Waals surface area contributed by atoms with E-state index in [2.05, 4.69) is 41.5 Å². The van der Waals surface area contributed by atoms with Crippen LogP contribution in [0.1, 0.15) is 31.5 Å². The molecule has 2 unspecified atom stereocenters. The lowest BCUT2D eigenvalue weighted by Gasteiger charge is -2.31. The highest BCUT2D eigenvalue weighted by Crippen LogP contribution is 2.40. The Morgan fingerprint density at radius 1 is 1.06 bits per heavy atom. The van der Waals surface area contributed by atoms with Crippen molar-refractivity contribution in [3.8, 4) is 0 Å². The number of nitrogens with zero attached hydrogens (tertiary/aromatic N) is 3. The van der Waals surface area contributed by atoms with Crippen LogP contribution in [0.25, 0.3) is 10.9 Å². The van der Waals surface area contributed by atoms with Gasteiger partial charge in [-0.05, 0) is 44.0 Å². The first-order chi connectivity index (χ1) is 15.7. The van der Waals surface area contributed by atoms with E-state index in [-0.39, 0.29) is 5.91 Å². The van der Waals surface area contributed by atoms with E-state index in [9.17, 15) is 14.4 Å². The van der Waals surface area contributed by atoms with Crippen LogP contribution in [0, 0.1) is 0 Å². The van der Waals surface area contributed by atoms with E-state index in [1.54, 1.807) is 0 Å². The van der Waals surface area contributed by atoms with Crippen molar-refractivity contribution in [3.63, 3.8) is 0 Å². The Morgan fingerprint density at radius 2 is 1.70 bits per heavy atom. The number of carboxylic acids is 2. The van der Waals surface area contributed by atoms with Gasteiger partial charge in [-0.1, -0.05) is 26.0 Å². The molecule has 10 nitrogen and oxygen atoms in total. The molecule has 4 N–H and O–H groups in total. The third-order valence-corrected chi connectivity index (χ3v) is 6.35. The highest BCUT2D eigenvalue weighted by molar-refractivity contribution is 6.07. The lowest BCUT2D eigenvalue weighted by Crippen LogP contribution is -2.42. The summed E-state index contributed by atoms with van der Waals surface area (Å²) < 4.78 is 2.29. The fourth-order valence-electron chi connectivity index (χ4n) is 4.55. The minimum absolute atomic E-state index is 0.238. The van der Waals surface area contributed by atoms with Crippen molar-refractivity contribution in [1.29, 1.82) is 0 Å². The predicted octanol–water partition coefficient (Wildman–Crippen LogP) is 0.696. The minimum atomic E-state index is -2.27. The number of carbonyl (C=O) groups is 3. The molecule has 33 heavy (non-hydrogen) atoms. The van der Waals surface area contributed by atoms with Crippen LogP contribution < -0.4 is 4.90 Å². The second kappa shape index (κ2) is 10.3. The van der Waals surface area contributed by atoms with Crippen LogP contribution in [-0.4, -0.2) is 86.1 Å². The molecule has 2 aliphatic rings. The number of aliphatic hydroxyl groups excluding tert-OH is 2. The summed E-state index contributed by atoms with van der Waals surface area (Å²) in [5.74, 6) is -3.30. The number of carbonyl (C=O) groups excluding carboxylic acids is 1. The minimum Gasteiger partial charge on any atom is -0.479 e. The van der Waals surface area contributed by atoms with Gasteiger partial charge in [-0.2, -0.15) is 0 Å². The lowest BCUT2D eigenvalue weighted by atomic mass is 10.1. The van der Waals surface area contributed by atoms with Gasteiger partial charge in [0.1, 0.15) is 6.54 Å². The molecule has 10 heteroatoms. The summed E-state index contributed by atoms with van der Waals surface area (Å²) in [4.78, 5) is 36.7. The second-order valence-electron chi connectivity index (χ2n) is 8.18. The van der Waals surface area contributed by atoms with Gasteiger partial charge in [0, 0.05) is 24.2 Å². The normalized spacial score (nSPS) is 16.4. The number of aryl methyl sites for hydroxylation is 1. The molecule has 0 bridgehead atoms. The van der Waals surface area contributed by atoms with Gasteiger partial charge in [-0.25, -0.2) is 9.59 Å². The van der Waals surface area contributed by atoms with E-state index in [1.807, 2.05) is 4.90 Å². The van der Waals surface area contributed by atoms with Crippen LogP contribution in [0.15, 0.2) is 18.2 Å². The van der Waals surface area contributed by atoms with Gasteiger partial charge in [0.05, 0.1) is 11.2 Å². The molecule has 0 fully saturated rings. The Kier molecular flexibility index (Phi) is 7.72. The monoisotopic (exact) mass is 461 g/mol. The van der Waals surface area contributed by atoms with Gasteiger partial charge in [0.2, 0.25) is 5.91 Å². The number of rotatable bonds is 8. The van der Waals surface area contributed by atoms with Gasteiger partial charge in [0.15, 0.2) is 12.2 Å². The summed E-state index contributed by atoms with van der Waals surface area (Å²) in [7, 11) is 0. The maximum absolute atomic E-state index is 12.8. The van der Waals surface area contributed by atoms with E-state index in [0.29, 0.717) is 6.54 Å². The molecule has 1 aliphatic carbocycles. The van der Waals surface area contributed by atoms with Gasteiger partial charge >= 0.3 is 11.9 Å². The molecule has 1 aromatic heterocycles. The first-order valence-corrected chi connectivity index (χ1v) is 11.2. The van der Waals surface area contributed by atoms with Crippen molar-refractivity contribution in [1.82, 2.24) is 9.47 Å². The van der Waals surface area contributed by atoms with Crippen LogP contribution in [0.2, 0.25) is 0 Å². The van der Waals surface area contributed by atoms with Crippen molar-refractivity contribution in [2.75, 3.05) is 31.1 Å². The Morgan fingerprint density at radius 3 is 2.27 bits per heavy atom. The average molecular weight is 462 g/mol. The molecule has 1 amide bonds. The lowest BCUT2D eigenvalue weighted by molar-refractivity contribution is -0.165. The average Bonchev–Trinajstić information content (AvgIpc) is 3.39. The zero-order valence-corrected chi connectivity index (χ0v) is 18.9.